The highest BCUT2D eigenvalue weighted by Gasteiger charge is 2.18. The molecule has 0 bridgehead atoms. The van der Waals surface area contributed by atoms with Crippen LogP contribution in [0.2, 0.25) is 0 Å². The molecule has 100 valence electrons. The minimum Gasteiger partial charge on any atom is -0.494 e. The second-order valence-corrected chi connectivity index (χ2v) is 4.24. The van der Waals surface area contributed by atoms with Crippen molar-refractivity contribution in [2.45, 2.75) is 12.5 Å². The van der Waals surface area contributed by atoms with E-state index in [0.29, 0.717) is 17.5 Å². The number of ether oxygens (including phenoxy) is 3. The summed E-state index contributed by atoms with van der Waals surface area (Å²) < 4.78 is 15.9. The zero-order chi connectivity index (χ0) is 13.0. The predicted octanol–water partition coefficient (Wildman–Crippen LogP) is 1.49. The monoisotopic (exact) mass is 252 g/mol. The topological polar surface area (TPSA) is 51.8 Å². The third kappa shape index (κ3) is 2.61. The lowest BCUT2D eigenvalue weighted by atomic mass is 10.2. The number of rotatable bonds is 5. The molecule has 1 heterocycles. The molecule has 2 N–H and O–H groups in total. The van der Waals surface area contributed by atoms with Crippen molar-refractivity contribution in [1.29, 1.82) is 0 Å². The summed E-state index contributed by atoms with van der Waals surface area (Å²) in [4.78, 5) is 0. The molecular weight excluding hydrogens is 232 g/mol. The maximum absolute atomic E-state index is 5.38. The van der Waals surface area contributed by atoms with Crippen LogP contribution in [0.3, 0.4) is 0 Å². The van der Waals surface area contributed by atoms with Crippen molar-refractivity contribution in [3.8, 4) is 17.2 Å². The summed E-state index contributed by atoms with van der Waals surface area (Å²) in [6.07, 6.45) is 1.11. The highest BCUT2D eigenvalue weighted by Crippen LogP contribution is 2.38. The Hall–Kier alpha value is -1.62. The van der Waals surface area contributed by atoms with Crippen LogP contribution in [0.15, 0.2) is 12.1 Å². The molecular formula is C13H20N2O3. The molecule has 1 aliphatic rings. The molecule has 0 spiro atoms. The molecule has 1 atom stereocenters. The number of methoxy groups -OCH3 is 3. The van der Waals surface area contributed by atoms with Crippen molar-refractivity contribution in [2.24, 2.45) is 0 Å². The van der Waals surface area contributed by atoms with Crippen LogP contribution >= 0.6 is 0 Å². The van der Waals surface area contributed by atoms with Crippen LogP contribution in [-0.4, -0.2) is 40.5 Å². The van der Waals surface area contributed by atoms with Gasteiger partial charge in [-0.2, -0.15) is 0 Å². The van der Waals surface area contributed by atoms with Gasteiger partial charge in [0.05, 0.1) is 27.0 Å². The molecule has 2 rings (SSSR count). The maximum atomic E-state index is 5.38. The zero-order valence-electron chi connectivity index (χ0n) is 11.1. The van der Waals surface area contributed by atoms with Crippen molar-refractivity contribution in [1.82, 2.24) is 5.32 Å². The molecule has 1 saturated heterocycles. The largest absolute Gasteiger partial charge is 0.494 e. The first kappa shape index (κ1) is 12.8. The van der Waals surface area contributed by atoms with Gasteiger partial charge < -0.3 is 24.8 Å². The van der Waals surface area contributed by atoms with E-state index >= 15 is 0 Å². The highest BCUT2D eigenvalue weighted by atomic mass is 16.5. The van der Waals surface area contributed by atoms with Gasteiger partial charge in [0.15, 0.2) is 11.5 Å². The van der Waals surface area contributed by atoms with Crippen LogP contribution < -0.4 is 24.8 Å². The van der Waals surface area contributed by atoms with Gasteiger partial charge in [0.2, 0.25) is 0 Å². The Bertz CT molecular complexity index is 403. The first-order chi connectivity index (χ1) is 8.78. The number of hydrogen-bond acceptors (Lipinski definition) is 5. The van der Waals surface area contributed by atoms with Crippen molar-refractivity contribution in [3.63, 3.8) is 0 Å². The van der Waals surface area contributed by atoms with E-state index in [-0.39, 0.29) is 0 Å². The lowest BCUT2D eigenvalue weighted by molar-refractivity contribution is 0.349. The molecule has 0 aromatic heterocycles. The van der Waals surface area contributed by atoms with Crippen molar-refractivity contribution in [3.05, 3.63) is 12.1 Å². The second kappa shape index (κ2) is 5.82. The van der Waals surface area contributed by atoms with E-state index in [4.69, 9.17) is 14.2 Å². The van der Waals surface area contributed by atoms with E-state index in [2.05, 4.69) is 10.6 Å². The molecule has 1 aliphatic heterocycles. The molecule has 0 radical (unpaired) electrons. The van der Waals surface area contributed by atoms with Gasteiger partial charge in [0.25, 0.3) is 0 Å². The number of benzene rings is 1. The Morgan fingerprint density at radius 2 is 1.72 bits per heavy atom. The molecule has 1 aromatic carbocycles. The van der Waals surface area contributed by atoms with Gasteiger partial charge in [-0.15, -0.1) is 0 Å². The maximum Gasteiger partial charge on any atom is 0.164 e. The van der Waals surface area contributed by atoms with Gasteiger partial charge in [-0.3, -0.25) is 0 Å². The molecule has 1 aromatic rings. The molecule has 5 nitrogen and oxygen atoms in total. The first-order valence-electron chi connectivity index (χ1n) is 6.05. The quantitative estimate of drug-likeness (QED) is 0.831. The molecule has 18 heavy (non-hydrogen) atoms. The Kier molecular flexibility index (Phi) is 4.15. The third-order valence-corrected chi connectivity index (χ3v) is 3.13. The van der Waals surface area contributed by atoms with Crippen LogP contribution in [-0.2, 0) is 0 Å². The Labute approximate surface area is 107 Å². The number of hydrogen-bond donors (Lipinski definition) is 2. The average molecular weight is 252 g/mol. The molecule has 1 fully saturated rings. The van der Waals surface area contributed by atoms with Gasteiger partial charge in [-0.1, -0.05) is 0 Å². The highest BCUT2D eigenvalue weighted by molar-refractivity contribution is 5.65. The van der Waals surface area contributed by atoms with Crippen molar-refractivity contribution < 1.29 is 14.2 Å². The lowest BCUT2D eigenvalue weighted by Crippen LogP contribution is -2.22. The Morgan fingerprint density at radius 3 is 2.28 bits per heavy atom. The molecule has 1 unspecified atom stereocenters. The van der Waals surface area contributed by atoms with E-state index in [1.165, 1.54) is 0 Å². The first-order valence-corrected chi connectivity index (χ1v) is 6.05. The summed E-state index contributed by atoms with van der Waals surface area (Å²) in [6.45, 7) is 2.02. The second-order valence-electron chi connectivity index (χ2n) is 4.24. The molecule has 5 heteroatoms. The zero-order valence-corrected chi connectivity index (χ0v) is 11.1. The third-order valence-electron chi connectivity index (χ3n) is 3.13. The summed E-state index contributed by atoms with van der Waals surface area (Å²) in [5.41, 5.74) is 0.934. The van der Waals surface area contributed by atoms with Crippen LogP contribution in [0.25, 0.3) is 0 Å². The van der Waals surface area contributed by atoms with E-state index < -0.39 is 0 Å². The summed E-state index contributed by atoms with van der Waals surface area (Å²) in [5.74, 6) is 2.13. The van der Waals surface area contributed by atoms with Crippen LogP contribution in [0.1, 0.15) is 6.42 Å². The fourth-order valence-electron chi connectivity index (χ4n) is 2.14. The summed E-state index contributed by atoms with van der Waals surface area (Å²) in [5, 5.41) is 6.79. The standard InChI is InChI=1S/C13H20N2O3/c1-16-11-7-13(18-3)12(17-2)6-10(11)15-9-4-5-14-8-9/h6-7,9,14-15H,4-5,8H2,1-3H3. The van der Waals surface area contributed by atoms with E-state index in [9.17, 15) is 0 Å². The molecule has 0 saturated carbocycles. The van der Waals surface area contributed by atoms with Gasteiger partial charge >= 0.3 is 0 Å². The molecule has 0 amide bonds. The minimum absolute atomic E-state index is 0.428. The number of anilines is 1. The summed E-state index contributed by atoms with van der Waals surface area (Å²) >= 11 is 0. The number of nitrogens with one attached hydrogen (secondary N) is 2. The van der Waals surface area contributed by atoms with Gasteiger partial charge in [-0.05, 0) is 13.0 Å². The fourth-order valence-corrected chi connectivity index (χ4v) is 2.14. The lowest BCUT2D eigenvalue weighted by Gasteiger charge is -2.18. The van der Waals surface area contributed by atoms with E-state index in [1.54, 1.807) is 21.3 Å². The SMILES string of the molecule is COc1cc(OC)c(OC)cc1NC1CCNC1. The minimum atomic E-state index is 0.428. The van der Waals surface area contributed by atoms with Gasteiger partial charge in [-0.25, -0.2) is 0 Å². The normalized spacial score (nSPS) is 18.5. The van der Waals surface area contributed by atoms with Crippen molar-refractivity contribution in [2.75, 3.05) is 39.7 Å². The predicted molar refractivity (Wildman–Crippen MR) is 71.0 cm³/mol. The van der Waals surface area contributed by atoms with Crippen LogP contribution in [0.4, 0.5) is 5.69 Å². The summed E-state index contributed by atoms with van der Waals surface area (Å²) in [6, 6.07) is 4.18. The Balaban J connectivity index is 2.26. The fraction of sp³-hybridized carbons (Fsp3) is 0.538. The smallest absolute Gasteiger partial charge is 0.164 e. The van der Waals surface area contributed by atoms with Crippen molar-refractivity contribution >= 4 is 5.69 Å². The average Bonchev–Trinajstić information content (AvgIpc) is 2.91. The Morgan fingerprint density at radius 1 is 1.06 bits per heavy atom. The van der Waals surface area contributed by atoms with Gasteiger partial charge in [0, 0.05) is 24.7 Å². The van der Waals surface area contributed by atoms with Crippen LogP contribution in [0.5, 0.6) is 17.2 Å². The van der Waals surface area contributed by atoms with Gasteiger partial charge in [0.1, 0.15) is 5.75 Å². The van der Waals surface area contributed by atoms with Crippen LogP contribution in [0, 0.1) is 0 Å². The summed E-state index contributed by atoms with van der Waals surface area (Å²) in [7, 11) is 4.90. The van der Waals surface area contributed by atoms with E-state index in [1.807, 2.05) is 12.1 Å². The molecule has 0 aliphatic carbocycles. The van der Waals surface area contributed by atoms with E-state index in [0.717, 1.165) is 30.9 Å².